The first-order chi connectivity index (χ1) is 9.04. The summed E-state index contributed by atoms with van der Waals surface area (Å²) >= 11 is 0. The van der Waals surface area contributed by atoms with E-state index >= 15 is 0 Å². The Balaban J connectivity index is 2.48. The lowest BCUT2D eigenvalue weighted by Crippen LogP contribution is -2.11. The Kier molecular flexibility index (Phi) is 4.05. The molecule has 102 valence electrons. The van der Waals surface area contributed by atoms with Gasteiger partial charge in [0.05, 0.1) is 5.69 Å². The van der Waals surface area contributed by atoms with Crippen LogP contribution in [0.5, 0.6) is 0 Å². The van der Waals surface area contributed by atoms with Crippen molar-refractivity contribution < 1.29 is 0 Å². The fourth-order valence-corrected chi connectivity index (χ4v) is 2.48. The summed E-state index contributed by atoms with van der Waals surface area (Å²) in [6.07, 6.45) is 0. The van der Waals surface area contributed by atoms with Crippen LogP contribution in [0.4, 0.5) is 0 Å². The summed E-state index contributed by atoms with van der Waals surface area (Å²) in [7, 11) is 2.00. The quantitative estimate of drug-likeness (QED) is 0.912. The summed E-state index contributed by atoms with van der Waals surface area (Å²) in [4.78, 5) is 0. The van der Waals surface area contributed by atoms with Crippen LogP contribution in [0.2, 0.25) is 0 Å². The van der Waals surface area contributed by atoms with Crippen molar-refractivity contribution in [2.24, 2.45) is 7.05 Å². The Bertz CT molecular complexity index is 582. The van der Waals surface area contributed by atoms with E-state index in [1.165, 1.54) is 27.9 Å². The summed E-state index contributed by atoms with van der Waals surface area (Å²) in [6, 6.07) is 6.69. The van der Waals surface area contributed by atoms with E-state index in [4.69, 9.17) is 0 Å². The van der Waals surface area contributed by atoms with Gasteiger partial charge in [-0.3, -0.25) is 4.68 Å². The van der Waals surface area contributed by atoms with Gasteiger partial charge in [0.25, 0.3) is 0 Å². The predicted molar refractivity (Wildman–Crippen MR) is 80.2 cm³/mol. The lowest BCUT2D eigenvalue weighted by Gasteiger charge is -2.10. The minimum absolute atomic E-state index is 0.919. The maximum Gasteiger partial charge on any atom is 0.0674 e. The third-order valence-corrected chi connectivity index (χ3v) is 3.66. The molecule has 0 spiro atoms. The van der Waals surface area contributed by atoms with Crippen molar-refractivity contribution in [3.05, 3.63) is 40.7 Å². The highest BCUT2D eigenvalue weighted by Gasteiger charge is 2.13. The van der Waals surface area contributed by atoms with E-state index < -0.39 is 0 Å². The molecule has 3 heteroatoms. The van der Waals surface area contributed by atoms with Crippen LogP contribution in [0.15, 0.2) is 18.2 Å². The van der Waals surface area contributed by atoms with Crippen molar-refractivity contribution in [1.29, 1.82) is 0 Å². The van der Waals surface area contributed by atoms with Crippen LogP contribution in [0.1, 0.15) is 29.4 Å². The summed E-state index contributed by atoms with van der Waals surface area (Å²) < 4.78 is 1.96. The lowest BCUT2D eigenvalue weighted by atomic mass is 9.96. The van der Waals surface area contributed by atoms with Gasteiger partial charge in [0.1, 0.15) is 0 Å². The standard InChI is InChI=1S/C16H23N3/c1-6-17-10-14-8-7-11(2)15(9-14)16-12(3)18-19(5)13(16)4/h7-9,17H,6,10H2,1-5H3. The maximum atomic E-state index is 4.52. The van der Waals surface area contributed by atoms with Crippen LogP contribution in [-0.2, 0) is 13.6 Å². The fraction of sp³-hybridized carbons (Fsp3) is 0.438. The molecule has 0 saturated carbocycles. The average Bonchev–Trinajstić information content (AvgIpc) is 2.63. The van der Waals surface area contributed by atoms with Gasteiger partial charge in [-0.15, -0.1) is 0 Å². The Morgan fingerprint density at radius 1 is 1.21 bits per heavy atom. The molecule has 0 aliphatic rings. The molecule has 1 N–H and O–H groups in total. The number of nitrogens with zero attached hydrogens (tertiary/aromatic N) is 2. The highest BCUT2D eigenvalue weighted by Crippen LogP contribution is 2.30. The number of hydrogen-bond acceptors (Lipinski definition) is 2. The zero-order chi connectivity index (χ0) is 14.0. The number of rotatable bonds is 4. The molecular formula is C16H23N3. The highest BCUT2D eigenvalue weighted by molar-refractivity contribution is 5.72. The molecule has 0 atom stereocenters. The van der Waals surface area contributed by atoms with E-state index in [1.54, 1.807) is 0 Å². The molecule has 19 heavy (non-hydrogen) atoms. The molecule has 0 aliphatic heterocycles. The SMILES string of the molecule is CCNCc1ccc(C)c(-c2c(C)nn(C)c2C)c1. The minimum atomic E-state index is 0.919. The Morgan fingerprint density at radius 2 is 1.95 bits per heavy atom. The van der Waals surface area contributed by atoms with Crippen molar-refractivity contribution >= 4 is 0 Å². The second-order valence-electron chi connectivity index (χ2n) is 5.10. The minimum Gasteiger partial charge on any atom is -0.313 e. The van der Waals surface area contributed by atoms with E-state index in [2.05, 4.69) is 56.3 Å². The van der Waals surface area contributed by atoms with Crippen LogP contribution >= 0.6 is 0 Å². The van der Waals surface area contributed by atoms with Gasteiger partial charge in [0, 0.05) is 24.8 Å². The van der Waals surface area contributed by atoms with Gasteiger partial charge in [-0.25, -0.2) is 0 Å². The first-order valence-corrected chi connectivity index (χ1v) is 6.85. The number of aryl methyl sites for hydroxylation is 3. The molecule has 2 aromatic rings. The van der Waals surface area contributed by atoms with Gasteiger partial charge in [-0.2, -0.15) is 5.10 Å². The average molecular weight is 257 g/mol. The molecular weight excluding hydrogens is 234 g/mol. The van der Waals surface area contributed by atoms with Crippen molar-refractivity contribution in [1.82, 2.24) is 15.1 Å². The van der Waals surface area contributed by atoms with E-state index in [-0.39, 0.29) is 0 Å². The summed E-state index contributed by atoms with van der Waals surface area (Å²) in [5.74, 6) is 0. The van der Waals surface area contributed by atoms with Crippen LogP contribution in [0.25, 0.3) is 11.1 Å². The summed E-state index contributed by atoms with van der Waals surface area (Å²) in [5, 5.41) is 7.90. The monoisotopic (exact) mass is 257 g/mol. The molecule has 0 saturated heterocycles. The molecule has 0 bridgehead atoms. The van der Waals surface area contributed by atoms with Gasteiger partial charge in [-0.05, 0) is 50.1 Å². The van der Waals surface area contributed by atoms with Crippen LogP contribution in [-0.4, -0.2) is 16.3 Å². The van der Waals surface area contributed by atoms with Crippen molar-refractivity contribution in [3.8, 4) is 11.1 Å². The second kappa shape index (κ2) is 5.57. The van der Waals surface area contributed by atoms with E-state index in [1.807, 2.05) is 11.7 Å². The fourth-order valence-electron chi connectivity index (χ4n) is 2.48. The van der Waals surface area contributed by atoms with Gasteiger partial charge < -0.3 is 5.32 Å². The number of aromatic nitrogens is 2. The van der Waals surface area contributed by atoms with Crippen molar-refractivity contribution in [2.75, 3.05) is 6.54 Å². The summed E-state index contributed by atoms with van der Waals surface area (Å²) in [5.41, 5.74) is 7.53. The smallest absolute Gasteiger partial charge is 0.0674 e. The zero-order valence-corrected chi connectivity index (χ0v) is 12.5. The van der Waals surface area contributed by atoms with Gasteiger partial charge in [0.15, 0.2) is 0 Å². The Morgan fingerprint density at radius 3 is 2.53 bits per heavy atom. The van der Waals surface area contributed by atoms with Crippen LogP contribution in [0.3, 0.4) is 0 Å². The molecule has 3 nitrogen and oxygen atoms in total. The number of nitrogens with one attached hydrogen (secondary N) is 1. The number of benzene rings is 1. The highest BCUT2D eigenvalue weighted by atomic mass is 15.3. The topological polar surface area (TPSA) is 29.9 Å². The van der Waals surface area contributed by atoms with Gasteiger partial charge >= 0.3 is 0 Å². The molecule has 0 amide bonds. The third-order valence-electron chi connectivity index (χ3n) is 3.66. The maximum absolute atomic E-state index is 4.52. The van der Waals surface area contributed by atoms with Crippen molar-refractivity contribution in [2.45, 2.75) is 34.2 Å². The first-order valence-electron chi connectivity index (χ1n) is 6.85. The molecule has 1 heterocycles. The molecule has 0 fully saturated rings. The van der Waals surface area contributed by atoms with Gasteiger partial charge in [-0.1, -0.05) is 19.1 Å². The van der Waals surface area contributed by atoms with E-state index in [0.717, 1.165) is 18.8 Å². The first kappa shape index (κ1) is 13.8. The molecule has 0 unspecified atom stereocenters. The van der Waals surface area contributed by atoms with E-state index in [9.17, 15) is 0 Å². The van der Waals surface area contributed by atoms with Crippen LogP contribution < -0.4 is 5.32 Å². The van der Waals surface area contributed by atoms with E-state index in [0.29, 0.717) is 0 Å². The second-order valence-corrected chi connectivity index (χ2v) is 5.10. The molecule has 1 aromatic heterocycles. The zero-order valence-electron chi connectivity index (χ0n) is 12.5. The van der Waals surface area contributed by atoms with Gasteiger partial charge in [0.2, 0.25) is 0 Å². The molecule has 0 radical (unpaired) electrons. The molecule has 2 rings (SSSR count). The summed E-state index contributed by atoms with van der Waals surface area (Å²) in [6.45, 7) is 10.4. The van der Waals surface area contributed by atoms with Crippen LogP contribution in [0, 0.1) is 20.8 Å². The Labute approximate surface area is 115 Å². The third kappa shape index (κ3) is 2.71. The molecule has 1 aromatic carbocycles. The normalized spacial score (nSPS) is 11.0. The van der Waals surface area contributed by atoms with Crippen molar-refractivity contribution in [3.63, 3.8) is 0 Å². The lowest BCUT2D eigenvalue weighted by molar-refractivity contribution is 0.727. The predicted octanol–water partition coefficient (Wildman–Crippen LogP) is 3.12. The Hall–Kier alpha value is -1.61. The largest absolute Gasteiger partial charge is 0.313 e. The number of hydrogen-bond donors (Lipinski definition) is 1. The molecule has 0 aliphatic carbocycles.